The molecule has 0 amide bonds. The number of nitrogens with two attached hydrogens (primary N) is 1. The molecule has 1 aromatic carbocycles. The maximum Gasteiger partial charge on any atom is 0.220 e. The summed E-state index contributed by atoms with van der Waals surface area (Å²) in [4.78, 5) is 0. The van der Waals surface area contributed by atoms with Crippen LogP contribution in [0.4, 0.5) is 0 Å². The van der Waals surface area contributed by atoms with Crippen molar-refractivity contribution in [3.63, 3.8) is 0 Å². The monoisotopic (exact) mass is 314 g/mol. The molecule has 1 heterocycles. The molecule has 0 spiro atoms. The Balaban J connectivity index is 2.11. The van der Waals surface area contributed by atoms with Gasteiger partial charge in [-0.1, -0.05) is 36.2 Å². The number of rotatable bonds is 5. The largest absolute Gasteiger partial charge is 0.335 e. The molecule has 0 unspecified atom stereocenters. The number of hydrogen-bond donors (Lipinski definition) is 1. The molecule has 1 aromatic heterocycles. The molecule has 0 saturated carbocycles. The molecule has 0 aliphatic heterocycles. The second-order valence-corrected chi connectivity index (χ2v) is 7.19. The molecule has 0 radical (unpaired) electrons. The number of halogens is 1. The van der Waals surface area contributed by atoms with Gasteiger partial charge >= 0.3 is 0 Å². The van der Waals surface area contributed by atoms with E-state index in [9.17, 15) is 0 Å². The Morgan fingerprint density at radius 1 is 1.26 bits per heavy atom. The molecular formula is C12H15ClN4S2. The van der Waals surface area contributed by atoms with Crippen molar-refractivity contribution in [3.05, 3.63) is 29.3 Å². The molecule has 2 aromatic rings. The fourth-order valence-electron chi connectivity index (χ4n) is 1.35. The van der Waals surface area contributed by atoms with Crippen LogP contribution in [0.5, 0.6) is 0 Å². The van der Waals surface area contributed by atoms with E-state index in [0.29, 0.717) is 21.9 Å². The zero-order chi connectivity index (χ0) is 13.8. The van der Waals surface area contributed by atoms with Gasteiger partial charge in [0.25, 0.3) is 0 Å². The van der Waals surface area contributed by atoms with Gasteiger partial charge < -0.3 is 5.84 Å². The van der Waals surface area contributed by atoms with Crippen molar-refractivity contribution in [1.29, 1.82) is 0 Å². The quantitative estimate of drug-likeness (QED) is 0.673. The van der Waals surface area contributed by atoms with Gasteiger partial charge in [-0.15, -0.1) is 10.2 Å². The molecule has 102 valence electrons. The van der Waals surface area contributed by atoms with Crippen LogP contribution < -0.4 is 5.84 Å². The summed E-state index contributed by atoms with van der Waals surface area (Å²) in [5, 5.41) is 9.63. The average molecular weight is 315 g/mol. The molecular weight excluding hydrogens is 300 g/mol. The van der Waals surface area contributed by atoms with Gasteiger partial charge in [-0.3, -0.25) is 0 Å². The van der Waals surface area contributed by atoms with Crippen molar-refractivity contribution in [3.8, 4) is 11.4 Å². The summed E-state index contributed by atoms with van der Waals surface area (Å²) in [7, 11) is 3.28. The highest BCUT2D eigenvalue weighted by Gasteiger charge is 2.12. The number of nitrogens with zero attached hydrogens (tertiary/aromatic N) is 3. The van der Waals surface area contributed by atoms with E-state index in [1.807, 2.05) is 24.3 Å². The third kappa shape index (κ3) is 3.81. The van der Waals surface area contributed by atoms with Crippen molar-refractivity contribution in [1.82, 2.24) is 14.9 Å². The summed E-state index contributed by atoms with van der Waals surface area (Å²) in [6.45, 7) is 4.36. The topological polar surface area (TPSA) is 56.7 Å². The molecule has 0 aliphatic carbocycles. The van der Waals surface area contributed by atoms with E-state index >= 15 is 0 Å². The highest BCUT2D eigenvalue weighted by Crippen LogP contribution is 2.32. The smallest absolute Gasteiger partial charge is 0.220 e. The lowest BCUT2D eigenvalue weighted by Crippen LogP contribution is -2.11. The lowest BCUT2D eigenvalue weighted by Gasteiger charge is -2.04. The van der Waals surface area contributed by atoms with Gasteiger partial charge in [0.05, 0.1) is 0 Å². The summed E-state index contributed by atoms with van der Waals surface area (Å²) in [6, 6.07) is 7.38. The Labute approximate surface area is 125 Å². The molecule has 4 nitrogen and oxygen atoms in total. The van der Waals surface area contributed by atoms with E-state index in [4.69, 9.17) is 17.4 Å². The second kappa shape index (κ2) is 6.54. The zero-order valence-corrected chi connectivity index (χ0v) is 13.1. The first-order valence-corrected chi connectivity index (χ1v) is 8.53. The first kappa shape index (κ1) is 14.6. The minimum atomic E-state index is 0.641. The van der Waals surface area contributed by atoms with Gasteiger partial charge in [0, 0.05) is 16.3 Å². The van der Waals surface area contributed by atoms with Crippen molar-refractivity contribution in [2.45, 2.75) is 19.0 Å². The Hall–Kier alpha value is -0.850. The minimum Gasteiger partial charge on any atom is -0.335 e. The molecule has 0 atom stereocenters. The van der Waals surface area contributed by atoms with Crippen LogP contribution in [0.2, 0.25) is 5.02 Å². The van der Waals surface area contributed by atoms with E-state index in [1.54, 1.807) is 21.6 Å². The summed E-state index contributed by atoms with van der Waals surface area (Å²) >= 11 is 5.86. The predicted molar refractivity (Wildman–Crippen MR) is 83.8 cm³/mol. The molecule has 7 heteroatoms. The fraction of sp³-hybridized carbons (Fsp3) is 0.333. The van der Waals surface area contributed by atoms with Crippen LogP contribution in [0.15, 0.2) is 29.4 Å². The summed E-state index contributed by atoms with van der Waals surface area (Å²) < 4.78 is 1.52. The molecule has 0 aliphatic rings. The molecule has 0 saturated heterocycles. The highest BCUT2D eigenvalue weighted by molar-refractivity contribution is 8.76. The van der Waals surface area contributed by atoms with Crippen LogP contribution in [-0.4, -0.2) is 20.6 Å². The highest BCUT2D eigenvalue weighted by atomic mass is 35.5. The van der Waals surface area contributed by atoms with Gasteiger partial charge in [-0.2, -0.15) is 0 Å². The van der Waals surface area contributed by atoms with Crippen molar-refractivity contribution < 1.29 is 0 Å². The normalized spacial score (nSPS) is 11.2. The van der Waals surface area contributed by atoms with E-state index in [-0.39, 0.29) is 0 Å². The molecule has 0 bridgehead atoms. The summed E-state index contributed by atoms with van der Waals surface area (Å²) in [5.74, 6) is 8.35. The van der Waals surface area contributed by atoms with E-state index in [2.05, 4.69) is 24.0 Å². The number of aromatic nitrogens is 3. The van der Waals surface area contributed by atoms with Crippen LogP contribution in [0, 0.1) is 5.92 Å². The number of nitrogen functional groups attached to an aromatic ring is 1. The van der Waals surface area contributed by atoms with Crippen LogP contribution in [0.1, 0.15) is 13.8 Å². The zero-order valence-electron chi connectivity index (χ0n) is 10.7. The third-order valence-corrected chi connectivity index (χ3v) is 5.11. The van der Waals surface area contributed by atoms with Crippen molar-refractivity contribution in [2.24, 2.45) is 5.92 Å². The van der Waals surface area contributed by atoms with Gasteiger partial charge in [0.2, 0.25) is 5.16 Å². The Morgan fingerprint density at radius 2 is 1.95 bits per heavy atom. The maximum atomic E-state index is 6.01. The average Bonchev–Trinajstić information content (AvgIpc) is 2.72. The van der Waals surface area contributed by atoms with Crippen molar-refractivity contribution >= 4 is 33.2 Å². The lowest BCUT2D eigenvalue weighted by molar-refractivity contribution is 0.752. The molecule has 2 N–H and O–H groups in total. The Bertz CT molecular complexity index is 539. The van der Waals surface area contributed by atoms with E-state index in [0.717, 1.165) is 11.3 Å². The van der Waals surface area contributed by atoms with Crippen LogP contribution in [-0.2, 0) is 0 Å². The lowest BCUT2D eigenvalue weighted by atomic mass is 10.2. The van der Waals surface area contributed by atoms with Gasteiger partial charge in [-0.25, -0.2) is 4.68 Å². The second-order valence-electron chi connectivity index (χ2n) is 4.44. The number of hydrogen-bond acceptors (Lipinski definition) is 5. The Morgan fingerprint density at radius 3 is 2.58 bits per heavy atom. The summed E-state index contributed by atoms with van der Waals surface area (Å²) in [6.07, 6.45) is 0. The molecule has 19 heavy (non-hydrogen) atoms. The first-order chi connectivity index (χ1) is 9.08. The van der Waals surface area contributed by atoms with Gasteiger partial charge in [0.15, 0.2) is 5.82 Å². The van der Waals surface area contributed by atoms with Crippen LogP contribution in [0.3, 0.4) is 0 Å². The van der Waals surface area contributed by atoms with Gasteiger partial charge in [0.1, 0.15) is 0 Å². The molecule has 0 fully saturated rings. The van der Waals surface area contributed by atoms with Crippen LogP contribution in [0.25, 0.3) is 11.4 Å². The maximum absolute atomic E-state index is 6.01. The molecule has 2 rings (SSSR count). The van der Waals surface area contributed by atoms with Crippen LogP contribution >= 0.6 is 33.2 Å². The predicted octanol–water partition coefficient (Wildman–Crippen LogP) is 3.71. The first-order valence-electron chi connectivity index (χ1n) is 5.84. The van der Waals surface area contributed by atoms with E-state index in [1.165, 1.54) is 4.68 Å². The third-order valence-electron chi connectivity index (χ3n) is 2.30. The van der Waals surface area contributed by atoms with Crippen molar-refractivity contribution in [2.75, 3.05) is 11.6 Å². The van der Waals surface area contributed by atoms with E-state index < -0.39 is 0 Å². The summed E-state index contributed by atoms with van der Waals surface area (Å²) in [5.41, 5.74) is 0.903. The Kier molecular flexibility index (Phi) is 5.01. The number of benzene rings is 1. The fourth-order valence-corrected chi connectivity index (χ4v) is 3.84. The standard InChI is InChI=1S/C12H15ClN4S2/c1-8(2)7-18-19-12-16-15-11(17(12)14)9-3-5-10(13)6-4-9/h3-6,8H,7,14H2,1-2H3. The SMILES string of the molecule is CC(C)CSSc1nnc(-c2ccc(Cl)cc2)n1N. The minimum absolute atomic E-state index is 0.641. The van der Waals surface area contributed by atoms with Gasteiger partial charge in [-0.05, 0) is 41.0 Å².